The number of rotatable bonds is 8. The van der Waals surface area contributed by atoms with Gasteiger partial charge >= 0.3 is 0 Å². The van der Waals surface area contributed by atoms with Crippen LogP contribution in [0.2, 0.25) is 5.02 Å². The van der Waals surface area contributed by atoms with Crippen LogP contribution >= 0.6 is 11.6 Å². The van der Waals surface area contributed by atoms with Crippen LogP contribution in [0.1, 0.15) is 23.6 Å². The fourth-order valence-electron chi connectivity index (χ4n) is 2.45. The van der Waals surface area contributed by atoms with Crippen molar-refractivity contribution in [1.82, 2.24) is 25.0 Å². The normalized spacial score (nSPS) is 11.7. The van der Waals surface area contributed by atoms with E-state index in [1.807, 2.05) is 43.8 Å². The van der Waals surface area contributed by atoms with Gasteiger partial charge in [-0.25, -0.2) is 4.99 Å². The van der Waals surface area contributed by atoms with Crippen LogP contribution in [0.15, 0.2) is 29.3 Å². The Labute approximate surface area is 160 Å². The van der Waals surface area contributed by atoms with Crippen molar-refractivity contribution in [2.24, 2.45) is 12.0 Å². The van der Waals surface area contributed by atoms with Crippen LogP contribution in [-0.2, 0) is 24.9 Å². The molecule has 8 heteroatoms. The van der Waals surface area contributed by atoms with Crippen LogP contribution in [0.25, 0.3) is 0 Å². The Kier molecular flexibility index (Phi) is 7.87. The van der Waals surface area contributed by atoms with Gasteiger partial charge in [0.25, 0.3) is 0 Å². The molecule has 0 aliphatic heterocycles. The second-order valence-electron chi connectivity index (χ2n) is 6.12. The number of aromatic nitrogens is 3. The van der Waals surface area contributed by atoms with Gasteiger partial charge in [0.1, 0.15) is 12.4 Å². The second kappa shape index (κ2) is 10.1. The first-order valence-corrected chi connectivity index (χ1v) is 8.96. The summed E-state index contributed by atoms with van der Waals surface area (Å²) in [4.78, 5) is 6.79. The number of hydrogen-bond donors (Lipinski definition) is 1. The average Bonchev–Trinajstić information content (AvgIpc) is 2.93. The Bertz CT molecular complexity index is 730. The minimum Gasteiger partial charge on any atom is -0.385 e. The van der Waals surface area contributed by atoms with Gasteiger partial charge in [-0.15, -0.1) is 10.2 Å². The van der Waals surface area contributed by atoms with Gasteiger partial charge in [0.2, 0.25) is 0 Å². The molecule has 1 N–H and O–H groups in total. The third kappa shape index (κ3) is 6.00. The minimum atomic E-state index is 0.462. The maximum Gasteiger partial charge on any atom is 0.194 e. The number of halogens is 1. The third-order valence-electron chi connectivity index (χ3n) is 4.03. The van der Waals surface area contributed by atoms with Crippen molar-refractivity contribution >= 4 is 17.6 Å². The molecule has 142 valence electrons. The zero-order chi connectivity index (χ0) is 18.9. The molecule has 0 saturated carbocycles. The van der Waals surface area contributed by atoms with Crippen molar-refractivity contribution in [2.75, 3.05) is 27.3 Å². The van der Waals surface area contributed by atoms with Crippen LogP contribution < -0.4 is 5.32 Å². The van der Waals surface area contributed by atoms with E-state index in [1.165, 1.54) is 0 Å². The monoisotopic (exact) mass is 378 g/mol. The van der Waals surface area contributed by atoms with Crippen LogP contribution in [-0.4, -0.2) is 52.9 Å². The van der Waals surface area contributed by atoms with Crippen molar-refractivity contribution in [3.8, 4) is 0 Å². The van der Waals surface area contributed by atoms with Gasteiger partial charge in [0.05, 0.1) is 0 Å². The number of aliphatic imine (C=N–C) groups is 1. The summed E-state index contributed by atoms with van der Waals surface area (Å²) < 4.78 is 7.06. The summed E-state index contributed by atoms with van der Waals surface area (Å²) >= 11 is 6.09. The summed E-state index contributed by atoms with van der Waals surface area (Å²) in [6, 6.07) is 7.85. The van der Waals surface area contributed by atoms with Crippen LogP contribution in [0.3, 0.4) is 0 Å². The largest absolute Gasteiger partial charge is 0.385 e. The molecule has 7 nitrogen and oxygen atoms in total. The molecule has 1 aromatic carbocycles. The van der Waals surface area contributed by atoms with E-state index in [9.17, 15) is 0 Å². The maximum atomic E-state index is 6.09. The summed E-state index contributed by atoms with van der Waals surface area (Å²) in [5.74, 6) is 2.51. The maximum absolute atomic E-state index is 6.09. The van der Waals surface area contributed by atoms with E-state index < -0.39 is 0 Å². The number of ether oxygens (including phenoxy) is 1. The molecule has 2 rings (SSSR count). The molecular formula is C18H27ClN6O. The highest BCUT2D eigenvalue weighted by Crippen LogP contribution is 2.12. The van der Waals surface area contributed by atoms with E-state index in [-0.39, 0.29) is 0 Å². The van der Waals surface area contributed by atoms with Crippen molar-refractivity contribution in [3.05, 3.63) is 46.5 Å². The summed E-state index contributed by atoms with van der Waals surface area (Å²) in [5, 5.41) is 12.4. The minimum absolute atomic E-state index is 0.462. The topological polar surface area (TPSA) is 67.6 Å². The smallest absolute Gasteiger partial charge is 0.194 e. The Balaban J connectivity index is 2.08. The predicted octanol–water partition coefficient (Wildman–Crippen LogP) is 2.39. The summed E-state index contributed by atoms with van der Waals surface area (Å²) in [6.07, 6.45) is 0.906. The van der Waals surface area contributed by atoms with Crippen molar-refractivity contribution < 1.29 is 4.74 Å². The Hall–Kier alpha value is -2.12. The average molecular weight is 379 g/mol. The first-order chi connectivity index (χ1) is 12.5. The molecule has 0 bridgehead atoms. The molecular weight excluding hydrogens is 352 g/mol. The first-order valence-electron chi connectivity index (χ1n) is 8.59. The molecule has 0 aliphatic carbocycles. The van der Waals surface area contributed by atoms with Gasteiger partial charge in [-0.3, -0.25) is 0 Å². The lowest BCUT2D eigenvalue weighted by molar-refractivity contribution is 0.195. The van der Waals surface area contributed by atoms with Crippen molar-refractivity contribution in [3.63, 3.8) is 0 Å². The molecule has 1 heterocycles. The van der Waals surface area contributed by atoms with Crippen molar-refractivity contribution in [2.45, 2.75) is 26.4 Å². The summed E-state index contributed by atoms with van der Waals surface area (Å²) in [7, 11) is 5.66. The predicted molar refractivity (Wildman–Crippen MR) is 104 cm³/mol. The number of benzene rings is 1. The number of methoxy groups -OCH3 is 1. The number of hydrogen-bond acceptors (Lipinski definition) is 4. The SMILES string of the molecule is COCCCNC(=NCc1nnc(C)n1C)N(C)Cc1cccc(Cl)c1. The van der Waals surface area contributed by atoms with Gasteiger partial charge in [-0.1, -0.05) is 23.7 Å². The van der Waals surface area contributed by atoms with E-state index in [2.05, 4.69) is 26.5 Å². The molecule has 2 aromatic rings. The Morgan fingerprint density at radius 2 is 2.19 bits per heavy atom. The molecule has 0 unspecified atom stereocenters. The fourth-order valence-corrected chi connectivity index (χ4v) is 2.66. The van der Waals surface area contributed by atoms with E-state index >= 15 is 0 Å². The van der Waals surface area contributed by atoms with E-state index in [1.54, 1.807) is 7.11 Å². The Morgan fingerprint density at radius 3 is 2.85 bits per heavy atom. The number of guanidine groups is 1. The lowest BCUT2D eigenvalue weighted by Gasteiger charge is -2.22. The number of aryl methyl sites for hydroxylation is 1. The lowest BCUT2D eigenvalue weighted by atomic mass is 10.2. The summed E-state index contributed by atoms with van der Waals surface area (Å²) in [5.41, 5.74) is 1.13. The zero-order valence-corrected chi connectivity index (χ0v) is 16.6. The first kappa shape index (κ1) is 20.2. The summed E-state index contributed by atoms with van der Waals surface area (Å²) in [6.45, 7) is 4.58. The quantitative estimate of drug-likeness (QED) is 0.434. The fraction of sp³-hybridized carbons (Fsp3) is 0.500. The molecule has 0 amide bonds. The highest BCUT2D eigenvalue weighted by atomic mass is 35.5. The zero-order valence-electron chi connectivity index (χ0n) is 15.9. The van der Waals surface area contributed by atoms with Crippen molar-refractivity contribution in [1.29, 1.82) is 0 Å². The molecule has 0 aliphatic rings. The molecule has 0 radical (unpaired) electrons. The molecule has 0 atom stereocenters. The van der Waals surface area contributed by atoms with E-state index in [4.69, 9.17) is 21.3 Å². The molecule has 0 spiro atoms. The van der Waals surface area contributed by atoms with Gasteiger partial charge in [-0.05, 0) is 31.0 Å². The molecule has 0 saturated heterocycles. The highest BCUT2D eigenvalue weighted by molar-refractivity contribution is 6.30. The van der Waals surface area contributed by atoms with Gasteiger partial charge in [0.15, 0.2) is 11.8 Å². The van der Waals surface area contributed by atoms with Crippen LogP contribution in [0, 0.1) is 6.92 Å². The molecule has 1 aromatic heterocycles. The van der Waals surface area contributed by atoms with E-state index in [0.717, 1.165) is 41.2 Å². The highest BCUT2D eigenvalue weighted by Gasteiger charge is 2.10. The lowest BCUT2D eigenvalue weighted by Crippen LogP contribution is -2.39. The van der Waals surface area contributed by atoms with Gasteiger partial charge in [0, 0.05) is 45.9 Å². The third-order valence-corrected chi connectivity index (χ3v) is 4.27. The second-order valence-corrected chi connectivity index (χ2v) is 6.56. The Morgan fingerprint density at radius 1 is 1.38 bits per heavy atom. The van der Waals surface area contributed by atoms with Crippen LogP contribution in [0.4, 0.5) is 0 Å². The van der Waals surface area contributed by atoms with Gasteiger partial charge < -0.3 is 19.5 Å². The standard InChI is InChI=1S/C18H27ClN6O/c1-14-22-23-17(25(14)3)12-21-18(20-9-6-10-26-4)24(2)13-15-7-5-8-16(19)11-15/h5,7-8,11H,6,9-10,12-13H2,1-4H3,(H,20,21). The van der Waals surface area contributed by atoms with Crippen LogP contribution in [0.5, 0.6) is 0 Å². The van der Waals surface area contributed by atoms with Gasteiger partial charge in [-0.2, -0.15) is 0 Å². The van der Waals surface area contributed by atoms with E-state index in [0.29, 0.717) is 19.7 Å². The number of nitrogens with zero attached hydrogens (tertiary/aromatic N) is 5. The number of nitrogens with one attached hydrogen (secondary N) is 1. The molecule has 26 heavy (non-hydrogen) atoms. The molecule has 0 fully saturated rings.